The standard InChI is InChI=1S/C26H33N3O3/c1-20-8-7-13-23(16-20)28-24(30)17-27-25(31)19-29(18-22-11-3-2-4-12-22)26(32)15-14-21-9-5-6-10-21/h2-4,7-8,11-13,16,21H,5-6,9-10,14-15,17-19H2,1H3,(H,27,31)(H,28,30). The van der Waals surface area contributed by atoms with Crippen LogP contribution in [0.3, 0.4) is 0 Å². The zero-order valence-electron chi connectivity index (χ0n) is 18.8. The lowest BCUT2D eigenvalue weighted by molar-refractivity contribution is -0.137. The molecule has 1 aliphatic carbocycles. The highest BCUT2D eigenvalue weighted by Gasteiger charge is 2.21. The van der Waals surface area contributed by atoms with Crippen LogP contribution in [0.4, 0.5) is 5.69 Å². The van der Waals surface area contributed by atoms with E-state index in [0.717, 1.165) is 17.5 Å². The molecule has 3 rings (SSSR count). The van der Waals surface area contributed by atoms with Gasteiger partial charge in [0.05, 0.1) is 13.1 Å². The minimum atomic E-state index is -0.338. The van der Waals surface area contributed by atoms with Crippen LogP contribution in [0.5, 0.6) is 0 Å². The molecule has 1 saturated carbocycles. The van der Waals surface area contributed by atoms with Crippen molar-refractivity contribution in [1.29, 1.82) is 0 Å². The SMILES string of the molecule is Cc1cccc(NC(=O)CNC(=O)CN(Cc2ccccc2)C(=O)CCC2CCCC2)c1. The molecule has 1 fully saturated rings. The number of aryl methyl sites for hydroxylation is 1. The summed E-state index contributed by atoms with van der Waals surface area (Å²) >= 11 is 0. The van der Waals surface area contributed by atoms with Gasteiger partial charge in [0, 0.05) is 18.7 Å². The van der Waals surface area contributed by atoms with Gasteiger partial charge in [-0.2, -0.15) is 0 Å². The van der Waals surface area contributed by atoms with Crippen molar-refractivity contribution < 1.29 is 14.4 Å². The molecule has 0 aromatic heterocycles. The van der Waals surface area contributed by atoms with E-state index in [1.165, 1.54) is 25.7 Å². The van der Waals surface area contributed by atoms with Crippen molar-refractivity contribution in [3.63, 3.8) is 0 Å². The number of amides is 3. The summed E-state index contributed by atoms with van der Waals surface area (Å²) in [4.78, 5) is 39.2. The van der Waals surface area contributed by atoms with Crippen LogP contribution in [-0.4, -0.2) is 35.7 Å². The number of rotatable bonds is 10. The Bertz CT molecular complexity index is 908. The van der Waals surface area contributed by atoms with Gasteiger partial charge in [-0.15, -0.1) is 0 Å². The second-order valence-electron chi connectivity index (χ2n) is 8.62. The van der Waals surface area contributed by atoms with Crippen LogP contribution in [0.1, 0.15) is 49.7 Å². The van der Waals surface area contributed by atoms with Gasteiger partial charge in [-0.3, -0.25) is 14.4 Å². The first-order valence-corrected chi connectivity index (χ1v) is 11.4. The maximum absolute atomic E-state index is 12.9. The van der Waals surface area contributed by atoms with E-state index in [2.05, 4.69) is 10.6 Å². The molecule has 2 aromatic rings. The van der Waals surface area contributed by atoms with Crippen LogP contribution in [0, 0.1) is 12.8 Å². The molecule has 2 aromatic carbocycles. The minimum absolute atomic E-state index is 0.0138. The fourth-order valence-electron chi connectivity index (χ4n) is 4.16. The molecule has 6 nitrogen and oxygen atoms in total. The molecule has 1 aliphatic rings. The summed E-state index contributed by atoms with van der Waals surface area (Å²) in [6.45, 7) is 2.13. The van der Waals surface area contributed by atoms with Crippen molar-refractivity contribution in [2.45, 2.75) is 52.0 Å². The smallest absolute Gasteiger partial charge is 0.243 e. The van der Waals surface area contributed by atoms with E-state index in [4.69, 9.17) is 0 Å². The zero-order valence-corrected chi connectivity index (χ0v) is 18.8. The van der Waals surface area contributed by atoms with Gasteiger partial charge >= 0.3 is 0 Å². The van der Waals surface area contributed by atoms with Crippen LogP contribution in [0.15, 0.2) is 54.6 Å². The molecule has 170 valence electrons. The molecule has 6 heteroatoms. The van der Waals surface area contributed by atoms with E-state index in [9.17, 15) is 14.4 Å². The van der Waals surface area contributed by atoms with Crippen molar-refractivity contribution in [3.05, 3.63) is 65.7 Å². The summed E-state index contributed by atoms with van der Waals surface area (Å²) in [6.07, 6.45) is 6.23. The van der Waals surface area contributed by atoms with E-state index < -0.39 is 0 Å². The van der Waals surface area contributed by atoms with E-state index >= 15 is 0 Å². The molecule has 0 aliphatic heterocycles. The molecule has 3 amide bonds. The molecule has 0 heterocycles. The zero-order chi connectivity index (χ0) is 22.8. The third kappa shape index (κ3) is 7.84. The Hall–Kier alpha value is -3.15. The molecule has 0 saturated heterocycles. The Balaban J connectivity index is 1.52. The largest absolute Gasteiger partial charge is 0.345 e. The lowest BCUT2D eigenvalue weighted by Gasteiger charge is -2.23. The predicted octanol–water partition coefficient (Wildman–Crippen LogP) is 4.05. The average molecular weight is 436 g/mol. The predicted molar refractivity (Wildman–Crippen MR) is 126 cm³/mol. The van der Waals surface area contributed by atoms with E-state index in [1.54, 1.807) is 11.0 Å². The molecule has 0 radical (unpaired) electrons. The molecular formula is C26H33N3O3. The third-order valence-corrected chi connectivity index (χ3v) is 5.89. The summed E-state index contributed by atoms with van der Waals surface area (Å²) in [5.74, 6) is -0.0301. The third-order valence-electron chi connectivity index (χ3n) is 5.89. The second-order valence-corrected chi connectivity index (χ2v) is 8.62. The average Bonchev–Trinajstić information content (AvgIpc) is 3.30. The molecule has 0 spiro atoms. The monoisotopic (exact) mass is 435 g/mol. The first kappa shape index (κ1) is 23.5. The number of hydrogen-bond acceptors (Lipinski definition) is 3. The van der Waals surface area contributed by atoms with Crippen LogP contribution in [0.2, 0.25) is 0 Å². The number of nitrogens with zero attached hydrogens (tertiary/aromatic N) is 1. The molecule has 0 bridgehead atoms. The Morgan fingerprint density at radius 3 is 2.44 bits per heavy atom. The van der Waals surface area contributed by atoms with Crippen molar-refractivity contribution in [2.24, 2.45) is 5.92 Å². The van der Waals surface area contributed by atoms with Crippen molar-refractivity contribution in [1.82, 2.24) is 10.2 Å². The maximum Gasteiger partial charge on any atom is 0.243 e. The molecule has 0 atom stereocenters. The lowest BCUT2D eigenvalue weighted by Crippen LogP contribution is -2.42. The van der Waals surface area contributed by atoms with Gasteiger partial charge in [-0.05, 0) is 42.5 Å². The molecular weight excluding hydrogens is 402 g/mol. The highest BCUT2D eigenvalue weighted by Crippen LogP contribution is 2.28. The number of nitrogens with one attached hydrogen (secondary N) is 2. The number of anilines is 1. The van der Waals surface area contributed by atoms with E-state index in [0.29, 0.717) is 24.6 Å². The number of carbonyl (C=O) groups excluding carboxylic acids is 3. The van der Waals surface area contributed by atoms with Crippen LogP contribution >= 0.6 is 0 Å². The molecule has 0 unspecified atom stereocenters. The quantitative estimate of drug-likeness (QED) is 0.591. The topological polar surface area (TPSA) is 78.5 Å². The van der Waals surface area contributed by atoms with Gasteiger partial charge in [0.15, 0.2) is 0 Å². The van der Waals surface area contributed by atoms with E-state index in [-0.39, 0.29) is 30.8 Å². The van der Waals surface area contributed by atoms with Gasteiger partial charge in [0.1, 0.15) is 0 Å². The normalized spacial score (nSPS) is 13.5. The Morgan fingerprint density at radius 1 is 0.969 bits per heavy atom. The fourth-order valence-corrected chi connectivity index (χ4v) is 4.16. The first-order chi connectivity index (χ1) is 15.5. The van der Waals surface area contributed by atoms with Crippen LogP contribution in [0.25, 0.3) is 0 Å². The highest BCUT2D eigenvalue weighted by molar-refractivity contribution is 5.95. The maximum atomic E-state index is 12.9. The van der Waals surface area contributed by atoms with Gasteiger partial charge in [-0.1, -0.05) is 68.1 Å². The molecule has 32 heavy (non-hydrogen) atoms. The number of benzene rings is 2. The lowest BCUT2D eigenvalue weighted by atomic mass is 10.0. The van der Waals surface area contributed by atoms with Gasteiger partial charge in [0.25, 0.3) is 0 Å². The van der Waals surface area contributed by atoms with Crippen molar-refractivity contribution in [3.8, 4) is 0 Å². The summed E-state index contributed by atoms with van der Waals surface area (Å²) in [7, 11) is 0. The summed E-state index contributed by atoms with van der Waals surface area (Å²) < 4.78 is 0. The summed E-state index contributed by atoms with van der Waals surface area (Å²) in [5, 5.41) is 5.41. The second kappa shape index (κ2) is 12.0. The van der Waals surface area contributed by atoms with Crippen molar-refractivity contribution in [2.75, 3.05) is 18.4 Å². The van der Waals surface area contributed by atoms with Gasteiger partial charge in [0.2, 0.25) is 17.7 Å². The van der Waals surface area contributed by atoms with Crippen LogP contribution < -0.4 is 10.6 Å². The van der Waals surface area contributed by atoms with Gasteiger partial charge in [-0.25, -0.2) is 0 Å². The number of carbonyl (C=O) groups is 3. The Kier molecular flexibility index (Phi) is 8.84. The highest BCUT2D eigenvalue weighted by atomic mass is 16.2. The Labute approximate surface area is 190 Å². The Morgan fingerprint density at radius 2 is 1.72 bits per heavy atom. The van der Waals surface area contributed by atoms with E-state index in [1.807, 2.05) is 55.5 Å². The van der Waals surface area contributed by atoms with Gasteiger partial charge < -0.3 is 15.5 Å². The van der Waals surface area contributed by atoms with Crippen LogP contribution in [-0.2, 0) is 20.9 Å². The number of hydrogen-bond donors (Lipinski definition) is 2. The molecule has 2 N–H and O–H groups in total. The fraction of sp³-hybridized carbons (Fsp3) is 0.423. The summed E-state index contributed by atoms with van der Waals surface area (Å²) in [5.41, 5.74) is 2.71. The first-order valence-electron chi connectivity index (χ1n) is 11.4. The summed E-state index contributed by atoms with van der Waals surface area (Å²) in [6, 6.07) is 17.1. The minimum Gasteiger partial charge on any atom is -0.345 e. The van der Waals surface area contributed by atoms with Crippen molar-refractivity contribution >= 4 is 23.4 Å².